The maximum Gasteiger partial charge on any atom is 2.00 e. The first-order valence-corrected chi connectivity index (χ1v) is 29.6. The van der Waals surface area contributed by atoms with Crippen molar-refractivity contribution in [3.05, 3.63) is 222 Å². The van der Waals surface area contributed by atoms with Crippen LogP contribution in [0.1, 0.15) is 140 Å². The fourth-order valence-electron chi connectivity index (χ4n) is 13.6. The molecule has 4 aromatic carbocycles. The van der Waals surface area contributed by atoms with Crippen LogP contribution >= 0.6 is 0 Å². The Bertz CT molecular complexity index is 3690. The van der Waals surface area contributed by atoms with Crippen molar-refractivity contribution in [2.24, 2.45) is 16.2 Å². The zero-order chi connectivity index (χ0) is 58.2. The van der Waals surface area contributed by atoms with E-state index in [0.717, 1.165) is 70.3 Å². The van der Waals surface area contributed by atoms with Gasteiger partial charge in [0.25, 0.3) is 0 Å². The first-order chi connectivity index (χ1) is 40.8. The minimum absolute atomic E-state index is 0. The monoisotopic (exact) mass is 1500 g/mol. The molecular weight excluding hydrogens is 1430 g/mol. The van der Waals surface area contributed by atoms with Crippen LogP contribution in [0.2, 0.25) is 0 Å². The molecule has 0 aliphatic heterocycles. The number of nitriles is 1. The summed E-state index contributed by atoms with van der Waals surface area (Å²) in [5.74, 6) is 1.36. The van der Waals surface area contributed by atoms with E-state index < -0.39 is 11.4 Å². The van der Waals surface area contributed by atoms with Crippen molar-refractivity contribution < 1.29 is 51.3 Å². The van der Waals surface area contributed by atoms with Crippen molar-refractivity contribution in [3.63, 3.8) is 0 Å². The summed E-state index contributed by atoms with van der Waals surface area (Å²) in [6, 6.07) is 61.9. The molecule has 0 atom stereocenters. The Morgan fingerprint density at radius 1 is 0.663 bits per heavy atom. The zero-order valence-corrected chi connectivity index (χ0v) is 53.8. The Hall–Kier alpha value is -7.42. The summed E-state index contributed by atoms with van der Waals surface area (Å²) in [6.45, 7) is 14.9. The molecule has 86 heavy (non-hydrogen) atoms. The van der Waals surface area contributed by atoms with E-state index >= 15 is 0 Å². The van der Waals surface area contributed by atoms with E-state index in [2.05, 4.69) is 103 Å². The van der Waals surface area contributed by atoms with Gasteiger partial charge in [0.2, 0.25) is 0 Å². The Labute approximate surface area is 536 Å². The molecule has 5 heterocycles. The minimum Gasteiger partial charge on any atom is -0.497 e. The molecule has 0 spiro atoms. The number of ether oxygens (including phenoxy) is 1. The van der Waals surface area contributed by atoms with Gasteiger partial charge in [-0.3, -0.25) is 19.4 Å². The first-order valence-electron chi connectivity index (χ1n) is 29.6. The number of nitrogens with zero attached hydrogens (tertiary/aromatic N) is 9. The Morgan fingerprint density at radius 3 is 1.87 bits per heavy atom. The van der Waals surface area contributed by atoms with Crippen LogP contribution in [0.3, 0.4) is 0 Å². The van der Waals surface area contributed by atoms with Crippen LogP contribution < -0.4 is 9.64 Å². The maximum absolute atomic E-state index is 14.5. The summed E-state index contributed by atoms with van der Waals surface area (Å²) in [7, 11) is 1.63. The van der Waals surface area contributed by atoms with Crippen molar-refractivity contribution in [1.82, 2.24) is 29.7 Å². The number of anilines is 3. The molecule has 0 radical (unpaired) electrons. The van der Waals surface area contributed by atoms with Crippen molar-refractivity contribution in [3.8, 4) is 51.3 Å². The van der Waals surface area contributed by atoms with Gasteiger partial charge in [0.05, 0.1) is 25.2 Å². The summed E-state index contributed by atoms with van der Waals surface area (Å²) in [4.78, 5) is 24.9. The van der Waals surface area contributed by atoms with Gasteiger partial charge < -0.3 is 19.7 Å². The molecule has 3 fully saturated rings. The molecule has 0 bridgehead atoms. The summed E-state index contributed by atoms with van der Waals surface area (Å²) in [5, 5.41) is 14.5. The number of halogens is 1. The Kier molecular flexibility index (Phi) is 20.5. The van der Waals surface area contributed by atoms with Crippen molar-refractivity contribution in [2.45, 2.75) is 129 Å². The van der Waals surface area contributed by atoms with Gasteiger partial charge in [-0.05, 0) is 138 Å². The van der Waals surface area contributed by atoms with Gasteiger partial charge in [0, 0.05) is 29.3 Å². The summed E-state index contributed by atoms with van der Waals surface area (Å²) in [5.41, 5.74) is 10.6. The number of rotatable bonds is 16. The van der Waals surface area contributed by atoms with Crippen LogP contribution in [-0.4, -0.2) is 36.8 Å². The molecule has 13 heteroatoms. The average molecular weight is 1500 g/mol. The predicted molar refractivity (Wildman–Crippen MR) is 330 cm³/mol. The molecule has 3 aliphatic rings. The second-order valence-corrected chi connectivity index (χ2v) is 24.4. The molecule has 0 amide bonds. The molecule has 0 unspecified atom stereocenters. The van der Waals surface area contributed by atoms with Crippen molar-refractivity contribution in [1.29, 1.82) is 5.26 Å². The molecule has 0 saturated heterocycles. The van der Waals surface area contributed by atoms with E-state index in [-0.39, 0.29) is 58.5 Å². The van der Waals surface area contributed by atoms with Crippen molar-refractivity contribution >= 4 is 23.0 Å². The van der Waals surface area contributed by atoms with E-state index in [1.807, 2.05) is 94.6 Å². The molecular formula is C73H70FN9OPt2. The summed E-state index contributed by atoms with van der Waals surface area (Å²) >= 11 is 0. The Balaban J connectivity index is 0.000000201. The molecule has 440 valence electrons. The Morgan fingerprint density at radius 2 is 1.27 bits per heavy atom. The molecule has 3 aliphatic carbocycles. The first kappa shape index (κ1) is 63.1. The number of benzene rings is 4. The van der Waals surface area contributed by atoms with Gasteiger partial charge >= 0.3 is 42.1 Å². The minimum atomic E-state index is -0.617. The van der Waals surface area contributed by atoms with Gasteiger partial charge in [-0.25, -0.2) is 4.39 Å². The van der Waals surface area contributed by atoms with Crippen LogP contribution in [0, 0.1) is 64.4 Å². The fraction of sp³-hybridized carbons (Fsp3) is 0.329. The number of pyridine rings is 4. The second kappa shape index (κ2) is 27.9. The van der Waals surface area contributed by atoms with E-state index in [1.165, 1.54) is 95.2 Å². The largest absolute Gasteiger partial charge is 2.00 e. The number of methoxy groups -OCH3 is 1. The third kappa shape index (κ3) is 14.5. The number of hydrogen-bond donors (Lipinski definition) is 0. The topological polar surface area (TPSA) is 110 Å². The smallest absolute Gasteiger partial charge is 0.497 e. The van der Waals surface area contributed by atoms with Crippen LogP contribution in [0.15, 0.2) is 158 Å². The summed E-state index contributed by atoms with van der Waals surface area (Å²) in [6.07, 6.45) is 22.8. The second-order valence-electron chi connectivity index (χ2n) is 24.4. The quantitative estimate of drug-likeness (QED) is 0.0695. The number of aromatic nitrogens is 6. The molecule has 5 aromatic heterocycles. The van der Waals surface area contributed by atoms with Crippen LogP contribution in [0.5, 0.6) is 5.75 Å². The van der Waals surface area contributed by atoms with E-state index in [0.29, 0.717) is 34.0 Å². The van der Waals surface area contributed by atoms with Crippen LogP contribution in [-0.2, 0) is 54.0 Å². The predicted octanol–water partition coefficient (Wildman–Crippen LogP) is 18.1. The van der Waals surface area contributed by atoms with Gasteiger partial charge in [0.15, 0.2) is 5.82 Å². The van der Waals surface area contributed by atoms with Gasteiger partial charge in [-0.1, -0.05) is 120 Å². The normalized spacial score (nSPS) is 15.6. The zero-order valence-electron chi connectivity index (χ0n) is 49.3. The van der Waals surface area contributed by atoms with Crippen LogP contribution in [0.4, 0.5) is 27.4 Å². The van der Waals surface area contributed by atoms with Crippen molar-refractivity contribution in [2.75, 3.05) is 12.0 Å². The molecule has 3 saturated carbocycles. The van der Waals surface area contributed by atoms with E-state index in [4.69, 9.17) is 31.4 Å². The van der Waals surface area contributed by atoms with Crippen LogP contribution in [0.25, 0.3) is 44.3 Å². The molecule has 10 nitrogen and oxygen atoms in total. The van der Waals surface area contributed by atoms with Gasteiger partial charge in [-0.15, -0.1) is 71.8 Å². The molecule has 9 aromatic rings. The maximum atomic E-state index is 14.5. The standard InChI is InChI=1S/C39H38N4.C34H32FN5O.2Pt/c1-37(20-4-5-21-37)27-39(28-38(2)22-6-7-23-38,35-18-10-16-33(42-35)30-13-8-12-29(24-30)26-40)36-19-11-17-34(43-36)31-14-9-15-32(25-31)41-3;1-34(20-4-3-5-21-34)24-25-11-13-26(14-12-25)39-23-19-32(38-39)40(27-15-17-28(41-2)18-16-27)31-10-6-9-30(37-31)29-8-7-22-36-33(29)35;;/h8-12,15-19,24-25H,4-7,20-23,27-28H2,1-2H3;6-7,9-13,15-19,22-23H,3-5,20-21,24H2,1-2H3;;/q2*-2;2*+2. The van der Waals surface area contributed by atoms with Gasteiger partial charge in [-0.2, -0.15) is 40.2 Å². The van der Waals surface area contributed by atoms with Gasteiger partial charge in [0.1, 0.15) is 23.2 Å². The van der Waals surface area contributed by atoms with E-state index in [1.54, 1.807) is 31.4 Å². The third-order valence-corrected chi connectivity index (χ3v) is 17.8. The third-order valence-electron chi connectivity index (χ3n) is 17.8. The fourth-order valence-corrected chi connectivity index (χ4v) is 13.6. The number of hydrogen-bond acceptors (Lipinski definition) is 8. The SMILES string of the molecule is COc1ccc(N(c2cccc(-c3[c-]ccnc3F)n2)c2ccn(-c3[c-]cc(CC4(C)CCCCC4)cc3)n2)cc1.[C-]#[N+]c1cc[c-]c(-c2cccc(C(CC3(C)CCCC3)(CC3(C)CCCC3)c3cccc(-c4[c-]ccc(C#N)c4)n3)n2)c1.[Pt+2].[Pt+2]. The molecule has 0 N–H and O–H groups in total. The molecule has 12 rings (SSSR count). The van der Waals surface area contributed by atoms with E-state index in [9.17, 15) is 9.65 Å². The summed E-state index contributed by atoms with van der Waals surface area (Å²) < 4.78 is 21.7. The average Bonchev–Trinajstić information content (AvgIpc) is 1.41.